The molecule has 214 valence electrons. The van der Waals surface area contributed by atoms with E-state index in [1.807, 2.05) is 6.92 Å². The van der Waals surface area contributed by atoms with Gasteiger partial charge in [-0.2, -0.15) is 4.39 Å². The molecule has 4 nitrogen and oxygen atoms in total. The molecule has 2 aromatic carbocycles. The highest BCUT2D eigenvalue weighted by atomic mass is 19.2. The van der Waals surface area contributed by atoms with Crippen molar-refractivity contribution in [3.63, 3.8) is 0 Å². The Morgan fingerprint density at radius 1 is 1.10 bits per heavy atom. The second kappa shape index (κ2) is 13.8. The number of aliphatic hydroxyl groups is 1. The summed E-state index contributed by atoms with van der Waals surface area (Å²) < 4.78 is 55.0. The average Bonchev–Trinajstić information content (AvgIpc) is 2.97. The Balaban J connectivity index is 1.34. The summed E-state index contributed by atoms with van der Waals surface area (Å²) in [5.74, 6) is -4.22. The number of hydrogen-bond donors (Lipinski definition) is 1. The highest BCUT2D eigenvalue weighted by molar-refractivity contribution is 5.82. The first-order valence-corrected chi connectivity index (χ1v) is 14.1. The molecule has 2 aromatic rings. The lowest BCUT2D eigenvalue weighted by molar-refractivity contribution is -0.137. The second-order valence-corrected chi connectivity index (χ2v) is 10.6. The number of halogens is 3. The number of carbonyl (C=O) groups excluding carboxylic acids is 1. The quantitative estimate of drug-likeness (QED) is 0.132. The molecule has 0 spiro atoms. The molecule has 0 aliphatic heterocycles. The zero-order valence-corrected chi connectivity index (χ0v) is 22.9. The summed E-state index contributed by atoms with van der Waals surface area (Å²) in [6.07, 6.45) is 11.9. The van der Waals surface area contributed by atoms with Gasteiger partial charge in [0.1, 0.15) is 0 Å². The van der Waals surface area contributed by atoms with Gasteiger partial charge in [-0.1, -0.05) is 49.8 Å². The van der Waals surface area contributed by atoms with Gasteiger partial charge in [-0.05, 0) is 91.7 Å². The maximum atomic E-state index is 15.0. The van der Waals surface area contributed by atoms with Crippen LogP contribution in [0.2, 0.25) is 0 Å². The van der Waals surface area contributed by atoms with Crippen molar-refractivity contribution in [2.75, 3.05) is 6.61 Å². The Kier molecular flexibility index (Phi) is 10.3. The predicted octanol–water partition coefficient (Wildman–Crippen LogP) is 8.06. The molecule has 1 fully saturated rings. The normalized spacial score (nSPS) is 21.4. The molecule has 4 rings (SSSR count). The molecule has 0 bridgehead atoms. The number of esters is 1. The molecule has 0 heterocycles. The zero-order chi connectivity index (χ0) is 28.6. The third-order valence-electron chi connectivity index (χ3n) is 7.87. The van der Waals surface area contributed by atoms with Crippen molar-refractivity contribution in [3.8, 4) is 11.5 Å². The lowest BCUT2D eigenvalue weighted by Gasteiger charge is -2.32. The Labute approximate surface area is 234 Å². The van der Waals surface area contributed by atoms with Crippen LogP contribution in [0.25, 0.3) is 5.57 Å². The predicted molar refractivity (Wildman–Crippen MR) is 150 cm³/mol. The van der Waals surface area contributed by atoms with Crippen LogP contribution in [-0.4, -0.2) is 23.8 Å². The third-order valence-corrected chi connectivity index (χ3v) is 7.87. The summed E-state index contributed by atoms with van der Waals surface area (Å²) >= 11 is 0. The Bertz CT molecular complexity index is 1260. The number of allylic oxidation sites excluding steroid dienone is 3. The lowest BCUT2D eigenvalue weighted by Crippen LogP contribution is -2.25. The van der Waals surface area contributed by atoms with Gasteiger partial charge in [0.15, 0.2) is 23.1 Å². The summed E-state index contributed by atoms with van der Waals surface area (Å²) in [5, 5.41) is 10.3. The molecule has 1 saturated carbocycles. The average molecular weight is 555 g/mol. The molecular formula is C33H37F3O4. The van der Waals surface area contributed by atoms with Crippen molar-refractivity contribution in [1.29, 1.82) is 0 Å². The molecule has 2 aliphatic rings. The molecule has 2 atom stereocenters. The molecule has 2 unspecified atom stereocenters. The first kappa shape index (κ1) is 29.7. The Hall–Kier alpha value is -3.32. The molecule has 0 aromatic heterocycles. The first-order valence-electron chi connectivity index (χ1n) is 14.1. The van der Waals surface area contributed by atoms with Crippen molar-refractivity contribution in [1.82, 2.24) is 0 Å². The van der Waals surface area contributed by atoms with Crippen LogP contribution in [0, 0.1) is 29.3 Å². The zero-order valence-electron chi connectivity index (χ0n) is 22.9. The van der Waals surface area contributed by atoms with Gasteiger partial charge in [-0.3, -0.25) is 4.79 Å². The molecule has 0 saturated heterocycles. The minimum atomic E-state index is -1.17. The van der Waals surface area contributed by atoms with E-state index in [4.69, 9.17) is 9.47 Å². The van der Waals surface area contributed by atoms with E-state index < -0.39 is 35.1 Å². The van der Waals surface area contributed by atoms with Crippen molar-refractivity contribution in [3.05, 3.63) is 89.8 Å². The molecule has 40 heavy (non-hydrogen) atoms. The van der Waals surface area contributed by atoms with Crippen LogP contribution >= 0.6 is 0 Å². The fourth-order valence-electron chi connectivity index (χ4n) is 5.53. The molecule has 1 N–H and O–H groups in total. The summed E-state index contributed by atoms with van der Waals surface area (Å²) in [7, 11) is 0. The highest BCUT2D eigenvalue weighted by Gasteiger charge is 2.30. The lowest BCUT2D eigenvalue weighted by atomic mass is 9.76. The number of aliphatic hydroxyl groups excluding tert-OH is 1. The highest BCUT2D eigenvalue weighted by Crippen LogP contribution is 2.40. The third kappa shape index (κ3) is 7.05. The minimum absolute atomic E-state index is 0.133. The molecule has 2 aliphatic carbocycles. The topological polar surface area (TPSA) is 55.8 Å². The summed E-state index contributed by atoms with van der Waals surface area (Å²) in [5.41, 5.74) is 1.66. The maximum absolute atomic E-state index is 15.0. The van der Waals surface area contributed by atoms with E-state index in [9.17, 15) is 18.7 Å². The van der Waals surface area contributed by atoms with Gasteiger partial charge < -0.3 is 14.6 Å². The van der Waals surface area contributed by atoms with Crippen LogP contribution in [0.1, 0.15) is 75.3 Å². The maximum Gasteiger partial charge on any atom is 0.318 e. The van der Waals surface area contributed by atoms with Crippen molar-refractivity contribution >= 4 is 11.5 Å². The van der Waals surface area contributed by atoms with E-state index in [2.05, 4.69) is 6.58 Å². The largest absolute Gasteiger partial charge is 0.490 e. The molecule has 7 heteroatoms. The monoisotopic (exact) mass is 554 g/mol. The van der Waals surface area contributed by atoms with Gasteiger partial charge in [0, 0.05) is 0 Å². The van der Waals surface area contributed by atoms with Crippen LogP contribution in [0.15, 0.2) is 61.2 Å². The van der Waals surface area contributed by atoms with Crippen molar-refractivity contribution in [2.45, 2.75) is 70.3 Å². The van der Waals surface area contributed by atoms with E-state index in [1.54, 1.807) is 36.4 Å². The van der Waals surface area contributed by atoms with E-state index in [-0.39, 0.29) is 35.7 Å². The van der Waals surface area contributed by atoms with Crippen LogP contribution in [0.3, 0.4) is 0 Å². The van der Waals surface area contributed by atoms with Gasteiger partial charge in [-0.25, -0.2) is 8.78 Å². The van der Waals surface area contributed by atoms with Crippen molar-refractivity contribution < 1.29 is 32.5 Å². The number of rotatable bonds is 11. The second-order valence-electron chi connectivity index (χ2n) is 10.6. The number of ether oxygens (including phenoxy) is 2. The Morgan fingerprint density at radius 2 is 1.85 bits per heavy atom. The van der Waals surface area contributed by atoms with Gasteiger partial charge in [-0.15, -0.1) is 6.58 Å². The SMILES string of the molecule is C=CCCOc1ccc(C2=CCC(C(=O)Oc3ccc(C4CCC(C(O)CCC)CC4)c(F)c3F)C=C2)cc1F. The van der Waals surface area contributed by atoms with Gasteiger partial charge in [0.2, 0.25) is 5.82 Å². The fraction of sp³-hybridized carbons (Fsp3) is 0.424. The van der Waals surface area contributed by atoms with Crippen LogP contribution in [0.5, 0.6) is 11.5 Å². The van der Waals surface area contributed by atoms with Crippen molar-refractivity contribution in [2.24, 2.45) is 11.8 Å². The summed E-state index contributed by atoms with van der Waals surface area (Å²) in [6, 6.07) is 7.49. The number of carbonyl (C=O) groups is 1. The minimum Gasteiger partial charge on any atom is -0.490 e. The van der Waals surface area contributed by atoms with Gasteiger partial charge in [0.25, 0.3) is 0 Å². The van der Waals surface area contributed by atoms with E-state index in [1.165, 1.54) is 18.2 Å². The van der Waals surface area contributed by atoms with Gasteiger partial charge >= 0.3 is 5.97 Å². The number of benzene rings is 2. The van der Waals surface area contributed by atoms with Gasteiger partial charge in [0.05, 0.1) is 18.6 Å². The smallest absolute Gasteiger partial charge is 0.318 e. The molecule has 0 radical (unpaired) electrons. The van der Waals surface area contributed by atoms with Crippen LogP contribution in [-0.2, 0) is 4.79 Å². The molecular weight excluding hydrogens is 517 g/mol. The summed E-state index contributed by atoms with van der Waals surface area (Å²) in [6.45, 7) is 5.98. The standard InChI is InChI=1S/C33H37F3O4/c1-3-5-19-39-29-17-15-25(20-27(29)34)21-7-13-24(14-8-21)33(38)40-30-18-16-26(31(35)32(30)36)22-9-11-23(12-10-22)28(37)6-4-2/h3,7-8,13,15-18,20,22-24,28,37H,1,4-6,9-12,14,19H2,2H3. The fourth-order valence-corrected chi connectivity index (χ4v) is 5.53. The van der Waals surface area contributed by atoms with E-state index in [0.717, 1.165) is 31.3 Å². The molecule has 0 amide bonds. The van der Waals surface area contributed by atoms with E-state index in [0.29, 0.717) is 31.4 Å². The summed E-state index contributed by atoms with van der Waals surface area (Å²) in [4.78, 5) is 12.7. The van der Waals surface area contributed by atoms with Crippen LogP contribution < -0.4 is 9.47 Å². The van der Waals surface area contributed by atoms with Crippen LogP contribution in [0.4, 0.5) is 13.2 Å². The van der Waals surface area contributed by atoms with E-state index >= 15 is 4.39 Å². The first-order chi connectivity index (χ1) is 19.3. The Morgan fingerprint density at radius 3 is 2.50 bits per heavy atom. The number of hydrogen-bond acceptors (Lipinski definition) is 4.